The highest BCUT2D eigenvalue weighted by atomic mass is 32.1. The fourth-order valence-corrected chi connectivity index (χ4v) is 2.71. The van der Waals surface area contributed by atoms with Gasteiger partial charge in [-0.1, -0.05) is 5.11 Å². The van der Waals surface area contributed by atoms with Crippen molar-refractivity contribution >= 4 is 34.8 Å². The largest absolute Gasteiger partial charge is 0.331 e. The second kappa shape index (κ2) is 4.99. The van der Waals surface area contributed by atoms with Crippen molar-refractivity contribution in [1.82, 2.24) is 9.97 Å². The minimum absolute atomic E-state index is 0.0524. The summed E-state index contributed by atoms with van der Waals surface area (Å²) in [5.41, 5.74) is 11.0. The SMILES string of the molecule is [N-]=[N+]=NCC1CC(=O)N(c2ccc3[nH]c(=S)[nH]c3c2)C1. The number of amides is 1. The number of hydrogen-bond donors (Lipinski definition) is 2. The highest BCUT2D eigenvalue weighted by molar-refractivity contribution is 7.71. The molecule has 1 fully saturated rings. The molecule has 1 aliphatic heterocycles. The van der Waals surface area contributed by atoms with Gasteiger partial charge in [0.1, 0.15) is 0 Å². The van der Waals surface area contributed by atoms with Gasteiger partial charge in [0.05, 0.1) is 11.0 Å². The molecule has 3 rings (SSSR count). The van der Waals surface area contributed by atoms with E-state index < -0.39 is 0 Å². The maximum atomic E-state index is 12.0. The van der Waals surface area contributed by atoms with Crippen molar-refractivity contribution in [3.05, 3.63) is 33.4 Å². The predicted octanol–water partition coefficient (Wildman–Crippen LogP) is 2.89. The third-order valence-electron chi connectivity index (χ3n) is 3.42. The van der Waals surface area contributed by atoms with E-state index in [9.17, 15) is 4.79 Å². The molecular weight excluding hydrogens is 276 g/mol. The van der Waals surface area contributed by atoms with Crippen LogP contribution in [-0.2, 0) is 4.79 Å². The quantitative estimate of drug-likeness (QED) is 0.392. The normalized spacial score (nSPS) is 18.5. The highest BCUT2D eigenvalue weighted by Gasteiger charge is 2.30. The number of carbonyl (C=O) groups excluding carboxylic acids is 1. The third kappa shape index (κ3) is 2.26. The number of rotatable bonds is 3. The highest BCUT2D eigenvalue weighted by Crippen LogP contribution is 2.27. The van der Waals surface area contributed by atoms with Gasteiger partial charge in [0, 0.05) is 30.1 Å². The molecule has 1 atom stereocenters. The van der Waals surface area contributed by atoms with E-state index in [-0.39, 0.29) is 11.8 Å². The lowest BCUT2D eigenvalue weighted by atomic mass is 10.1. The van der Waals surface area contributed by atoms with E-state index in [1.165, 1.54) is 0 Å². The van der Waals surface area contributed by atoms with Crippen molar-refractivity contribution in [2.45, 2.75) is 6.42 Å². The zero-order valence-corrected chi connectivity index (χ0v) is 11.4. The molecule has 20 heavy (non-hydrogen) atoms. The fraction of sp³-hybridized carbons (Fsp3) is 0.333. The van der Waals surface area contributed by atoms with E-state index in [1.54, 1.807) is 4.90 Å². The minimum atomic E-state index is 0.0524. The number of benzene rings is 1. The van der Waals surface area contributed by atoms with Gasteiger partial charge >= 0.3 is 0 Å². The van der Waals surface area contributed by atoms with E-state index in [4.69, 9.17) is 17.7 Å². The first-order valence-corrected chi connectivity index (χ1v) is 6.61. The number of carbonyl (C=O) groups is 1. The summed E-state index contributed by atoms with van der Waals surface area (Å²) >= 11 is 5.04. The summed E-state index contributed by atoms with van der Waals surface area (Å²) in [5.74, 6) is 0.135. The lowest BCUT2D eigenvalue weighted by molar-refractivity contribution is -0.117. The Labute approximate surface area is 119 Å². The lowest BCUT2D eigenvalue weighted by Gasteiger charge is -2.16. The second-order valence-electron chi connectivity index (χ2n) is 4.80. The van der Waals surface area contributed by atoms with Crippen molar-refractivity contribution in [2.75, 3.05) is 18.0 Å². The van der Waals surface area contributed by atoms with Crippen LogP contribution >= 0.6 is 12.2 Å². The van der Waals surface area contributed by atoms with Crippen LogP contribution < -0.4 is 4.90 Å². The Balaban J connectivity index is 1.88. The van der Waals surface area contributed by atoms with Gasteiger partial charge in [-0.2, -0.15) is 0 Å². The summed E-state index contributed by atoms with van der Waals surface area (Å²) in [6.45, 7) is 0.933. The number of anilines is 1. The Kier molecular flexibility index (Phi) is 3.17. The van der Waals surface area contributed by atoms with Gasteiger partial charge in [-0.25, -0.2) is 0 Å². The Bertz CT molecular complexity index is 772. The molecular formula is C12H12N6OS. The van der Waals surface area contributed by atoms with Crippen molar-refractivity contribution in [3.8, 4) is 0 Å². The van der Waals surface area contributed by atoms with Crippen molar-refractivity contribution < 1.29 is 4.79 Å². The van der Waals surface area contributed by atoms with Crippen LogP contribution in [-0.4, -0.2) is 29.0 Å². The zero-order chi connectivity index (χ0) is 14.1. The fourth-order valence-electron chi connectivity index (χ4n) is 2.49. The first kappa shape index (κ1) is 12.7. The molecule has 1 amide bonds. The van der Waals surface area contributed by atoms with Crippen LogP contribution in [0.3, 0.4) is 0 Å². The van der Waals surface area contributed by atoms with Crippen LogP contribution in [0, 0.1) is 10.7 Å². The first-order chi connectivity index (χ1) is 9.67. The van der Waals surface area contributed by atoms with E-state index in [0.29, 0.717) is 24.3 Å². The predicted molar refractivity (Wildman–Crippen MR) is 78.0 cm³/mol. The molecule has 1 aromatic heterocycles. The molecule has 102 valence electrons. The average Bonchev–Trinajstić information content (AvgIpc) is 2.97. The molecule has 1 aromatic carbocycles. The summed E-state index contributed by atoms with van der Waals surface area (Å²) in [4.78, 5) is 22.6. The Hall–Kier alpha value is -2.31. The summed E-state index contributed by atoms with van der Waals surface area (Å²) in [6, 6.07) is 5.68. The number of hydrogen-bond acceptors (Lipinski definition) is 3. The molecule has 2 N–H and O–H groups in total. The van der Waals surface area contributed by atoms with Crippen LogP contribution in [0.15, 0.2) is 23.3 Å². The molecule has 0 saturated carbocycles. The first-order valence-electron chi connectivity index (χ1n) is 6.20. The summed E-state index contributed by atoms with van der Waals surface area (Å²) in [7, 11) is 0. The van der Waals surface area contributed by atoms with Gasteiger partial charge in [-0.3, -0.25) is 4.79 Å². The van der Waals surface area contributed by atoms with Crippen LogP contribution in [0.2, 0.25) is 0 Å². The van der Waals surface area contributed by atoms with E-state index in [0.717, 1.165) is 16.7 Å². The minimum Gasteiger partial charge on any atom is -0.331 e. The molecule has 1 unspecified atom stereocenters. The molecule has 8 heteroatoms. The number of imidazole rings is 1. The van der Waals surface area contributed by atoms with Crippen molar-refractivity contribution in [3.63, 3.8) is 0 Å². The Morgan fingerprint density at radius 2 is 2.25 bits per heavy atom. The summed E-state index contributed by atoms with van der Waals surface area (Å²) in [5, 5.41) is 3.55. The molecule has 1 saturated heterocycles. The van der Waals surface area contributed by atoms with Gasteiger partial charge in [0.15, 0.2) is 4.77 Å². The number of aromatic nitrogens is 2. The van der Waals surface area contributed by atoms with Crippen LogP contribution in [0.5, 0.6) is 0 Å². The number of aromatic amines is 2. The topological polar surface area (TPSA) is 101 Å². The maximum Gasteiger partial charge on any atom is 0.227 e. The number of nitrogens with one attached hydrogen (secondary N) is 2. The van der Waals surface area contributed by atoms with Gasteiger partial charge in [-0.05, 0) is 41.9 Å². The van der Waals surface area contributed by atoms with Crippen LogP contribution in [0.4, 0.5) is 5.69 Å². The number of nitrogens with zero attached hydrogens (tertiary/aromatic N) is 4. The molecule has 0 radical (unpaired) electrons. The molecule has 2 aromatic rings. The number of H-pyrrole nitrogens is 2. The molecule has 7 nitrogen and oxygen atoms in total. The third-order valence-corrected chi connectivity index (χ3v) is 3.62. The smallest absolute Gasteiger partial charge is 0.227 e. The Morgan fingerprint density at radius 3 is 3.05 bits per heavy atom. The zero-order valence-electron chi connectivity index (χ0n) is 10.5. The molecule has 2 heterocycles. The number of fused-ring (bicyclic) bond motifs is 1. The lowest BCUT2D eigenvalue weighted by Crippen LogP contribution is -2.24. The van der Waals surface area contributed by atoms with Crippen LogP contribution in [0.25, 0.3) is 21.5 Å². The molecule has 0 spiro atoms. The van der Waals surface area contributed by atoms with Crippen molar-refractivity contribution in [1.29, 1.82) is 0 Å². The van der Waals surface area contributed by atoms with E-state index >= 15 is 0 Å². The maximum absolute atomic E-state index is 12.0. The van der Waals surface area contributed by atoms with E-state index in [1.807, 2.05) is 18.2 Å². The second-order valence-corrected chi connectivity index (χ2v) is 5.21. The molecule has 0 aliphatic carbocycles. The van der Waals surface area contributed by atoms with Gasteiger partial charge in [0.25, 0.3) is 0 Å². The van der Waals surface area contributed by atoms with Crippen molar-refractivity contribution in [2.24, 2.45) is 11.0 Å². The Morgan fingerprint density at radius 1 is 1.45 bits per heavy atom. The van der Waals surface area contributed by atoms with Gasteiger partial charge in [0.2, 0.25) is 5.91 Å². The van der Waals surface area contributed by atoms with Gasteiger partial charge in [-0.15, -0.1) is 0 Å². The standard InChI is InChI=1S/C12H12N6OS/c13-17-14-5-7-3-11(19)18(6-7)8-1-2-9-10(4-8)16-12(20)15-9/h1-2,4,7H,3,5-6H2,(H2,15,16,20). The molecule has 0 bridgehead atoms. The number of azide groups is 1. The summed E-state index contributed by atoms with van der Waals surface area (Å²) in [6.07, 6.45) is 0.417. The van der Waals surface area contributed by atoms with Gasteiger partial charge < -0.3 is 14.9 Å². The monoisotopic (exact) mass is 288 g/mol. The van der Waals surface area contributed by atoms with E-state index in [2.05, 4.69) is 20.0 Å². The molecule has 1 aliphatic rings. The average molecular weight is 288 g/mol. The summed E-state index contributed by atoms with van der Waals surface area (Å²) < 4.78 is 0.561. The van der Waals surface area contributed by atoms with Crippen LogP contribution in [0.1, 0.15) is 6.42 Å².